The predicted molar refractivity (Wildman–Crippen MR) is 83.2 cm³/mol. The van der Waals surface area contributed by atoms with Gasteiger partial charge >= 0.3 is 0 Å². The maximum atomic E-state index is 6.17. The lowest BCUT2D eigenvalue weighted by atomic mass is 9.78. The number of halogens is 2. The van der Waals surface area contributed by atoms with E-state index in [4.69, 9.17) is 28.9 Å². The van der Waals surface area contributed by atoms with Gasteiger partial charge in [0.25, 0.3) is 0 Å². The number of hydrogen-bond donors (Lipinski definition) is 1. The molecular formula is C15H20Cl2N2. The normalized spacial score (nSPS) is 27.2. The molecule has 0 spiro atoms. The Morgan fingerprint density at radius 3 is 2.53 bits per heavy atom. The van der Waals surface area contributed by atoms with Gasteiger partial charge in [-0.05, 0) is 43.7 Å². The van der Waals surface area contributed by atoms with E-state index < -0.39 is 0 Å². The van der Waals surface area contributed by atoms with Crippen LogP contribution in [0.4, 0.5) is 11.4 Å². The Balaban J connectivity index is 1.93. The molecule has 1 aliphatic carbocycles. The largest absolute Gasteiger partial charge is 0.397 e. The van der Waals surface area contributed by atoms with E-state index in [0.29, 0.717) is 16.1 Å². The van der Waals surface area contributed by atoms with Gasteiger partial charge in [-0.2, -0.15) is 0 Å². The number of anilines is 2. The highest BCUT2D eigenvalue weighted by atomic mass is 35.5. The van der Waals surface area contributed by atoms with E-state index in [2.05, 4.69) is 4.90 Å². The quantitative estimate of drug-likeness (QED) is 0.759. The summed E-state index contributed by atoms with van der Waals surface area (Å²) in [5, 5.41) is 1.14. The van der Waals surface area contributed by atoms with Crippen LogP contribution < -0.4 is 10.6 Å². The zero-order valence-electron chi connectivity index (χ0n) is 11.0. The van der Waals surface area contributed by atoms with Crippen molar-refractivity contribution in [2.45, 2.75) is 44.6 Å². The Kier molecular flexibility index (Phi) is 3.81. The Morgan fingerprint density at radius 1 is 1.00 bits per heavy atom. The highest BCUT2D eigenvalue weighted by molar-refractivity contribution is 6.42. The fourth-order valence-corrected chi connectivity index (χ4v) is 4.05. The van der Waals surface area contributed by atoms with Crippen LogP contribution in [0.3, 0.4) is 0 Å². The molecule has 0 amide bonds. The van der Waals surface area contributed by atoms with Crippen molar-refractivity contribution in [3.63, 3.8) is 0 Å². The lowest BCUT2D eigenvalue weighted by Gasteiger charge is -2.45. The fraction of sp³-hybridized carbons (Fsp3) is 0.600. The number of nitrogen functional groups attached to an aromatic ring is 1. The molecule has 2 fully saturated rings. The molecule has 2 aliphatic rings. The van der Waals surface area contributed by atoms with E-state index in [0.717, 1.165) is 23.8 Å². The van der Waals surface area contributed by atoms with Crippen molar-refractivity contribution in [1.29, 1.82) is 0 Å². The second-order valence-electron chi connectivity index (χ2n) is 5.77. The zero-order valence-corrected chi connectivity index (χ0v) is 12.6. The van der Waals surface area contributed by atoms with Crippen LogP contribution in [0.1, 0.15) is 38.5 Å². The molecule has 0 bridgehead atoms. The van der Waals surface area contributed by atoms with E-state index in [-0.39, 0.29) is 0 Å². The Labute approximate surface area is 124 Å². The van der Waals surface area contributed by atoms with Crippen LogP contribution in [0.15, 0.2) is 12.1 Å². The van der Waals surface area contributed by atoms with E-state index >= 15 is 0 Å². The summed E-state index contributed by atoms with van der Waals surface area (Å²) in [6.45, 7) is 1.09. The van der Waals surface area contributed by atoms with E-state index in [1.165, 1.54) is 38.5 Å². The summed E-state index contributed by atoms with van der Waals surface area (Å²) in [4.78, 5) is 2.48. The van der Waals surface area contributed by atoms with Crippen molar-refractivity contribution in [2.24, 2.45) is 5.92 Å². The van der Waals surface area contributed by atoms with Crippen molar-refractivity contribution >= 4 is 34.6 Å². The lowest BCUT2D eigenvalue weighted by molar-refractivity contribution is 0.244. The first kappa shape index (κ1) is 13.4. The van der Waals surface area contributed by atoms with Crippen molar-refractivity contribution in [1.82, 2.24) is 0 Å². The number of nitrogens with two attached hydrogens (primary N) is 1. The van der Waals surface area contributed by atoms with Crippen LogP contribution in [0.25, 0.3) is 0 Å². The molecule has 1 aromatic carbocycles. The molecule has 0 unspecified atom stereocenters. The minimum atomic E-state index is 0.542. The first-order valence-electron chi connectivity index (χ1n) is 7.18. The molecule has 19 heavy (non-hydrogen) atoms. The molecule has 0 aromatic heterocycles. The lowest BCUT2D eigenvalue weighted by Crippen LogP contribution is -2.47. The van der Waals surface area contributed by atoms with Gasteiger partial charge < -0.3 is 10.6 Å². The van der Waals surface area contributed by atoms with Crippen molar-refractivity contribution in [2.75, 3.05) is 17.2 Å². The molecule has 3 rings (SSSR count). The van der Waals surface area contributed by atoms with Crippen LogP contribution in [0.5, 0.6) is 0 Å². The van der Waals surface area contributed by atoms with Gasteiger partial charge in [0.1, 0.15) is 0 Å². The average Bonchev–Trinajstić information content (AvgIpc) is 2.42. The number of hydrogen-bond acceptors (Lipinski definition) is 2. The summed E-state index contributed by atoms with van der Waals surface area (Å²) in [7, 11) is 0. The monoisotopic (exact) mass is 298 g/mol. The van der Waals surface area contributed by atoms with Gasteiger partial charge in [0.2, 0.25) is 0 Å². The smallest absolute Gasteiger partial charge is 0.0618 e. The van der Waals surface area contributed by atoms with Gasteiger partial charge in [-0.15, -0.1) is 0 Å². The molecular weight excluding hydrogens is 279 g/mol. The molecule has 1 saturated heterocycles. The van der Waals surface area contributed by atoms with Gasteiger partial charge in [0.15, 0.2) is 0 Å². The molecule has 2 nitrogen and oxygen atoms in total. The summed E-state index contributed by atoms with van der Waals surface area (Å²) < 4.78 is 0. The molecule has 1 heterocycles. The second-order valence-corrected chi connectivity index (χ2v) is 6.59. The predicted octanol–water partition coefficient (Wildman–Crippen LogP) is 4.73. The number of fused-ring (bicyclic) bond motifs is 1. The molecule has 2 atom stereocenters. The third kappa shape index (κ3) is 2.53. The summed E-state index contributed by atoms with van der Waals surface area (Å²) in [6.07, 6.45) is 7.97. The van der Waals surface area contributed by atoms with E-state index in [9.17, 15) is 0 Å². The number of piperidine rings is 1. The molecule has 0 radical (unpaired) electrons. The van der Waals surface area contributed by atoms with Crippen LogP contribution in [0.2, 0.25) is 10.0 Å². The number of nitrogens with zero attached hydrogens (tertiary/aromatic N) is 1. The molecule has 4 heteroatoms. The van der Waals surface area contributed by atoms with Crippen LogP contribution in [0, 0.1) is 5.92 Å². The molecule has 1 saturated carbocycles. The molecule has 2 N–H and O–H groups in total. The van der Waals surface area contributed by atoms with E-state index in [1.54, 1.807) is 6.07 Å². The summed E-state index contributed by atoms with van der Waals surface area (Å²) in [5.41, 5.74) is 7.98. The second kappa shape index (κ2) is 5.41. The van der Waals surface area contributed by atoms with Crippen LogP contribution in [-0.2, 0) is 0 Å². The Bertz CT molecular complexity index is 473. The summed E-state index contributed by atoms with van der Waals surface area (Å²) >= 11 is 12.2. The minimum absolute atomic E-state index is 0.542. The number of rotatable bonds is 1. The first-order chi connectivity index (χ1) is 9.16. The van der Waals surface area contributed by atoms with Gasteiger partial charge in [0.05, 0.1) is 21.4 Å². The molecule has 104 valence electrons. The highest BCUT2D eigenvalue weighted by Crippen LogP contribution is 2.41. The number of benzene rings is 1. The standard InChI is InChI=1S/C15H20Cl2N2/c16-11-8-13(18)15(9-12(11)17)19-7-3-5-10-4-1-2-6-14(10)19/h8-10,14H,1-7,18H2/t10-,14-/m1/s1. The van der Waals surface area contributed by atoms with Gasteiger partial charge in [0, 0.05) is 12.6 Å². The van der Waals surface area contributed by atoms with Gasteiger partial charge in [-0.25, -0.2) is 0 Å². The van der Waals surface area contributed by atoms with Crippen LogP contribution in [-0.4, -0.2) is 12.6 Å². The zero-order chi connectivity index (χ0) is 13.4. The van der Waals surface area contributed by atoms with Gasteiger partial charge in [-0.3, -0.25) is 0 Å². The van der Waals surface area contributed by atoms with Crippen molar-refractivity contribution < 1.29 is 0 Å². The Hall–Kier alpha value is -0.600. The van der Waals surface area contributed by atoms with Crippen molar-refractivity contribution in [3.8, 4) is 0 Å². The Morgan fingerprint density at radius 2 is 1.68 bits per heavy atom. The summed E-state index contributed by atoms with van der Waals surface area (Å²) in [5.74, 6) is 0.830. The highest BCUT2D eigenvalue weighted by Gasteiger charge is 2.34. The molecule has 1 aliphatic heterocycles. The van der Waals surface area contributed by atoms with Gasteiger partial charge in [-0.1, -0.05) is 36.0 Å². The first-order valence-corrected chi connectivity index (χ1v) is 7.93. The third-order valence-corrected chi connectivity index (χ3v) is 5.34. The average molecular weight is 299 g/mol. The fourth-order valence-electron chi connectivity index (χ4n) is 3.72. The maximum Gasteiger partial charge on any atom is 0.0618 e. The van der Waals surface area contributed by atoms with E-state index in [1.807, 2.05) is 6.07 Å². The minimum Gasteiger partial charge on any atom is -0.397 e. The van der Waals surface area contributed by atoms with Crippen LogP contribution >= 0.6 is 23.2 Å². The van der Waals surface area contributed by atoms with Crippen molar-refractivity contribution in [3.05, 3.63) is 22.2 Å². The summed E-state index contributed by atoms with van der Waals surface area (Å²) in [6, 6.07) is 4.36. The molecule has 1 aromatic rings. The third-order valence-electron chi connectivity index (χ3n) is 4.62. The topological polar surface area (TPSA) is 29.3 Å². The maximum absolute atomic E-state index is 6.17. The SMILES string of the molecule is Nc1cc(Cl)c(Cl)cc1N1CCC[C@H]2CCCC[C@H]21.